The number of rotatable bonds is 3. The summed E-state index contributed by atoms with van der Waals surface area (Å²) in [6.45, 7) is 1.87. The SMILES string of the molecule is Cc1ccc(NC(=O)C(=O)N[C@H](C#N)c2ccc(F)cc2F)cc1. The summed E-state index contributed by atoms with van der Waals surface area (Å²) in [6, 6.07) is 9.56. The van der Waals surface area contributed by atoms with E-state index in [0.717, 1.165) is 17.7 Å². The first-order valence-electron chi connectivity index (χ1n) is 6.94. The van der Waals surface area contributed by atoms with Crippen LogP contribution in [0.5, 0.6) is 0 Å². The van der Waals surface area contributed by atoms with Crippen LogP contribution in [0.1, 0.15) is 17.2 Å². The summed E-state index contributed by atoms with van der Waals surface area (Å²) in [4.78, 5) is 23.7. The molecule has 2 aromatic carbocycles. The highest BCUT2D eigenvalue weighted by Gasteiger charge is 2.22. The molecular weight excluding hydrogens is 316 g/mol. The van der Waals surface area contributed by atoms with Gasteiger partial charge in [-0.05, 0) is 25.1 Å². The molecule has 0 heterocycles. The molecule has 2 amide bonds. The minimum absolute atomic E-state index is 0.226. The lowest BCUT2D eigenvalue weighted by molar-refractivity contribution is -0.136. The van der Waals surface area contributed by atoms with Crippen molar-refractivity contribution in [2.45, 2.75) is 13.0 Å². The molecule has 0 unspecified atom stereocenters. The van der Waals surface area contributed by atoms with Gasteiger partial charge in [-0.25, -0.2) is 8.78 Å². The first-order valence-corrected chi connectivity index (χ1v) is 6.94. The number of hydrogen-bond acceptors (Lipinski definition) is 3. The van der Waals surface area contributed by atoms with Gasteiger partial charge in [-0.1, -0.05) is 23.8 Å². The number of nitrogens with zero attached hydrogens (tertiary/aromatic N) is 1. The molecule has 0 fully saturated rings. The molecule has 0 radical (unpaired) electrons. The Labute approximate surface area is 136 Å². The highest BCUT2D eigenvalue weighted by molar-refractivity contribution is 6.39. The molecule has 0 bridgehead atoms. The molecule has 5 nitrogen and oxygen atoms in total. The monoisotopic (exact) mass is 329 g/mol. The number of aryl methyl sites for hydroxylation is 1. The van der Waals surface area contributed by atoms with Crippen LogP contribution in [0.25, 0.3) is 0 Å². The van der Waals surface area contributed by atoms with Crippen molar-refractivity contribution in [3.05, 3.63) is 65.2 Å². The van der Waals surface area contributed by atoms with Crippen LogP contribution < -0.4 is 10.6 Å². The predicted octanol–water partition coefficient (Wildman–Crippen LogP) is 2.59. The molecule has 0 aliphatic carbocycles. The number of anilines is 1. The molecule has 7 heteroatoms. The Balaban J connectivity index is 2.07. The first kappa shape index (κ1) is 17.1. The highest BCUT2D eigenvalue weighted by Crippen LogP contribution is 2.17. The summed E-state index contributed by atoms with van der Waals surface area (Å²) in [6.07, 6.45) is 0. The number of carbonyl (C=O) groups excluding carboxylic acids is 2. The number of carbonyl (C=O) groups is 2. The van der Waals surface area contributed by atoms with Crippen LogP contribution in [-0.2, 0) is 9.59 Å². The molecule has 0 saturated carbocycles. The zero-order valence-electron chi connectivity index (χ0n) is 12.6. The number of nitriles is 1. The molecule has 24 heavy (non-hydrogen) atoms. The molecule has 1 atom stereocenters. The Morgan fingerprint density at radius 3 is 2.33 bits per heavy atom. The Bertz CT molecular complexity index is 814. The number of halogens is 2. The maximum atomic E-state index is 13.7. The second-order valence-electron chi connectivity index (χ2n) is 5.02. The maximum absolute atomic E-state index is 13.7. The number of amides is 2. The number of benzene rings is 2. The van der Waals surface area contributed by atoms with E-state index in [9.17, 15) is 18.4 Å². The van der Waals surface area contributed by atoms with Gasteiger partial charge >= 0.3 is 11.8 Å². The quantitative estimate of drug-likeness (QED) is 0.849. The van der Waals surface area contributed by atoms with E-state index in [4.69, 9.17) is 5.26 Å². The topological polar surface area (TPSA) is 82.0 Å². The van der Waals surface area contributed by atoms with Crippen molar-refractivity contribution in [1.29, 1.82) is 5.26 Å². The normalized spacial score (nSPS) is 11.2. The van der Waals surface area contributed by atoms with Crippen LogP contribution in [0.15, 0.2) is 42.5 Å². The van der Waals surface area contributed by atoms with E-state index in [1.165, 1.54) is 0 Å². The largest absolute Gasteiger partial charge is 0.328 e. The zero-order valence-corrected chi connectivity index (χ0v) is 12.6. The van der Waals surface area contributed by atoms with E-state index in [1.54, 1.807) is 30.3 Å². The van der Waals surface area contributed by atoms with E-state index in [1.807, 2.05) is 6.92 Å². The Morgan fingerprint density at radius 2 is 1.75 bits per heavy atom. The van der Waals surface area contributed by atoms with Crippen molar-refractivity contribution in [1.82, 2.24) is 5.32 Å². The molecular formula is C17H13F2N3O2. The van der Waals surface area contributed by atoms with E-state index in [0.29, 0.717) is 11.8 Å². The van der Waals surface area contributed by atoms with Crippen LogP contribution in [0.4, 0.5) is 14.5 Å². The summed E-state index contributed by atoms with van der Waals surface area (Å²) >= 11 is 0. The second kappa shape index (κ2) is 7.33. The third-order valence-corrected chi connectivity index (χ3v) is 3.19. The van der Waals surface area contributed by atoms with Crippen LogP contribution in [0, 0.1) is 29.9 Å². The molecule has 0 aliphatic rings. The van der Waals surface area contributed by atoms with Crippen LogP contribution in [0.2, 0.25) is 0 Å². The Morgan fingerprint density at radius 1 is 1.08 bits per heavy atom. The van der Waals surface area contributed by atoms with Crippen molar-refractivity contribution in [2.75, 3.05) is 5.32 Å². The van der Waals surface area contributed by atoms with Gasteiger partial charge in [0.15, 0.2) is 0 Å². The summed E-state index contributed by atoms with van der Waals surface area (Å²) in [5.74, 6) is -3.90. The van der Waals surface area contributed by atoms with Gasteiger partial charge in [-0.15, -0.1) is 0 Å². The van der Waals surface area contributed by atoms with E-state index >= 15 is 0 Å². The van der Waals surface area contributed by atoms with Gasteiger partial charge in [-0.3, -0.25) is 9.59 Å². The molecule has 0 aliphatic heterocycles. The molecule has 0 saturated heterocycles. The lowest BCUT2D eigenvalue weighted by Gasteiger charge is -2.13. The molecule has 2 aromatic rings. The third kappa shape index (κ3) is 4.14. The van der Waals surface area contributed by atoms with E-state index in [2.05, 4.69) is 10.6 Å². The Kier molecular flexibility index (Phi) is 5.22. The molecule has 0 spiro atoms. The fourth-order valence-electron chi connectivity index (χ4n) is 1.94. The van der Waals surface area contributed by atoms with Crippen LogP contribution >= 0.6 is 0 Å². The summed E-state index contributed by atoms with van der Waals surface area (Å²) in [5.41, 5.74) is 1.16. The van der Waals surface area contributed by atoms with Crippen molar-refractivity contribution >= 4 is 17.5 Å². The first-order chi connectivity index (χ1) is 11.4. The number of hydrogen-bond donors (Lipinski definition) is 2. The summed E-state index contributed by atoms with van der Waals surface area (Å²) < 4.78 is 26.6. The van der Waals surface area contributed by atoms with Gasteiger partial charge in [-0.2, -0.15) is 5.26 Å². The zero-order chi connectivity index (χ0) is 17.7. The van der Waals surface area contributed by atoms with Gasteiger partial charge in [0.05, 0.1) is 6.07 Å². The minimum atomic E-state index is -1.41. The van der Waals surface area contributed by atoms with Crippen molar-refractivity contribution in [2.24, 2.45) is 0 Å². The molecule has 122 valence electrons. The maximum Gasteiger partial charge on any atom is 0.313 e. The summed E-state index contributed by atoms with van der Waals surface area (Å²) in [7, 11) is 0. The Hall–Kier alpha value is -3.27. The van der Waals surface area contributed by atoms with Crippen LogP contribution in [-0.4, -0.2) is 11.8 Å². The molecule has 2 rings (SSSR count). The number of nitrogens with one attached hydrogen (secondary N) is 2. The lowest BCUT2D eigenvalue weighted by Crippen LogP contribution is -2.37. The fraction of sp³-hybridized carbons (Fsp3) is 0.118. The lowest BCUT2D eigenvalue weighted by atomic mass is 10.1. The average molecular weight is 329 g/mol. The predicted molar refractivity (Wildman–Crippen MR) is 82.7 cm³/mol. The third-order valence-electron chi connectivity index (χ3n) is 3.19. The average Bonchev–Trinajstić information content (AvgIpc) is 2.55. The smallest absolute Gasteiger partial charge is 0.313 e. The van der Waals surface area contributed by atoms with Crippen LogP contribution in [0.3, 0.4) is 0 Å². The van der Waals surface area contributed by atoms with Crippen molar-refractivity contribution in [3.8, 4) is 6.07 Å². The standard InChI is InChI=1S/C17H13F2N3O2/c1-10-2-5-12(6-3-10)21-16(23)17(24)22-15(9-20)13-7-4-11(18)8-14(13)19/h2-8,15H,1H3,(H,21,23)(H,22,24)/t15-/m1/s1. The second-order valence-corrected chi connectivity index (χ2v) is 5.02. The van der Waals surface area contributed by atoms with Gasteiger partial charge in [0.2, 0.25) is 0 Å². The highest BCUT2D eigenvalue weighted by atomic mass is 19.1. The van der Waals surface area contributed by atoms with Gasteiger partial charge in [0, 0.05) is 17.3 Å². The molecule has 0 aromatic heterocycles. The minimum Gasteiger partial charge on any atom is -0.328 e. The van der Waals surface area contributed by atoms with Crippen molar-refractivity contribution < 1.29 is 18.4 Å². The van der Waals surface area contributed by atoms with Crippen molar-refractivity contribution in [3.63, 3.8) is 0 Å². The molecule has 2 N–H and O–H groups in total. The van der Waals surface area contributed by atoms with Gasteiger partial charge < -0.3 is 10.6 Å². The van der Waals surface area contributed by atoms with E-state index < -0.39 is 29.5 Å². The summed E-state index contributed by atoms with van der Waals surface area (Å²) in [5, 5.41) is 13.5. The fourth-order valence-corrected chi connectivity index (χ4v) is 1.94. The van der Waals surface area contributed by atoms with E-state index in [-0.39, 0.29) is 5.56 Å². The van der Waals surface area contributed by atoms with Gasteiger partial charge in [0.25, 0.3) is 0 Å². The van der Waals surface area contributed by atoms with Gasteiger partial charge in [0.1, 0.15) is 17.7 Å².